The molecule has 1 aliphatic rings. The van der Waals surface area contributed by atoms with Gasteiger partial charge in [-0.2, -0.15) is 9.97 Å². The molecule has 0 unspecified atom stereocenters. The number of aromatic nitrogens is 2. The van der Waals surface area contributed by atoms with Crippen molar-refractivity contribution in [2.24, 2.45) is 0 Å². The third kappa shape index (κ3) is 7.03. The van der Waals surface area contributed by atoms with E-state index in [1.54, 1.807) is 6.07 Å². The number of halogens is 1. The monoisotopic (exact) mass is 434 g/mol. The lowest BCUT2D eigenvalue weighted by Gasteiger charge is -2.27. The first-order valence-electron chi connectivity index (χ1n) is 9.87. The fourth-order valence-electron chi connectivity index (χ4n) is 2.84. The van der Waals surface area contributed by atoms with Crippen LogP contribution in [0.3, 0.4) is 0 Å². The molecule has 1 amide bonds. The molecule has 8 nitrogen and oxygen atoms in total. The van der Waals surface area contributed by atoms with Crippen molar-refractivity contribution in [3.8, 4) is 6.01 Å². The van der Waals surface area contributed by atoms with Crippen LogP contribution in [-0.4, -0.2) is 54.6 Å². The lowest BCUT2D eigenvalue weighted by molar-refractivity contribution is 0.0636. The van der Waals surface area contributed by atoms with Gasteiger partial charge in [0.25, 0.3) is 0 Å². The summed E-state index contributed by atoms with van der Waals surface area (Å²) < 4.78 is 16.3. The Morgan fingerprint density at radius 1 is 1.20 bits per heavy atom. The summed E-state index contributed by atoms with van der Waals surface area (Å²) in [4.78, 5) is 22.5. The quantitative estimate of drug-likeness (QED) is 0.689. The van der Waals surface area contributed by atoms with Gasteiger partial charge in [-0.05, 0) is 38.5 Å². The Kier molecular flexibility index (Phi) is 7.33. The van der Waals surface area contributed by atoms with E-state index in [1.807, 2.05) is 45.0 Å². The SMILES string of the molecule is CC(C)(C)OC(=O)Nc1ccc(CCOc2nc(Cl)cc(N3CCOCC3)n2)cc1. The molecular weight excluding hydrogens is 408 g/mol. The second-order valence-corrected chi connectivity index (χ2v) is 8.24. The van der Waals surface area contributed by atoms with Crippen LogP contribution in [-0.2, 0) is 15.9 Å². The summed E-state index contributed by atoms with van der Waals surface area (Å²) in [6, 6.07) is 9.49. The van der Waals surface area contributed by atoms with Gasteiger partial charge < -0.3 is 19.1 Å². The van der Waals surface area contributed by atoms with Crippen LogP contribution in [0.1, 0.15) is 26.3 Å². The zero-order chi connectivity index (χ0) is 21.6. The van der Waals surface area contributed by atoms with Gasteiger partial charge in [0.15, 0.2) is 0 Å². The number of benzene rings is 1. The molecule has 0 saturated carbocycles. The second kappa shape index (κ2) is 9.95. The Balaban J connectivity index is 1.50. The maximum absolute atomic E-state index is 11.8. The van der Waals surface area contributed by atoms with Crippen LogP contribution in [0, 0.1) is 0 Å². The van der Waals surface area contributed by atoms with E-state index in [0.717, 1.165) is 24.5 Å². The van der Waals surface area contributed by atoms with Gasteiger partial charge in [0.2, 0.25) is 0 Å². The van der Waals surface area contributed by atoms with Crippen molar-refractivity contribution < 1.29 is 19.0 Å². The Morgan fingerprint density at radius 3 is 2.57 bits per heavy atom. The van der Waals surface area contributed by atoms with E-state index in [-0.39, 0.29) is 6.01 Å². The average molecular weight is 435 g/mol. The number of ether oxygens (including phenoxy) is 3. The predicted molar refractivity (Wildman–Crippen MR) is 116 cm³/mol. The standard InChI is InChI=1S/C21H27ClN4O4/c1-21(2,3)30-20(27)23-16-6-4-15(5-7-16)8-11-29-19-24-17(22)14-18(25-19)26-9-12-28-13-10-26/h4-7,14H,8-13H2,1-3H3,(H,23,27). The summed E-state index contributed by atoms with van der Waals surface area (Å²) >= 11 is 6.13. The fraction of sp³-hybridized carbons (Fsp3) is 0.476. The van der Waals surface area contributed by atoms with E-state index in [1.165, 1.54) is 0 Å². The molecule has 30 heavy (non-hydrogen) atoms. The molecule has 1 fully saturated rings. The number of nitrogens with one attached hydrogen (secondary N) is 1. The highest BCUT2D eigenvalue weighted by molar-refractivity contribution is 6.29. The van der Waals surface area contributed by atoms with Gasteiger partial charge >= 0.3 is 12.1 Å². The lowest BCUT2D eigenvalue weighted by Crippen LogP contribution is -2.36. The van der Waals surface area contributed by atoms with Gasteiger partial charge in [-0.1, -0.05) is 23.7 Å². The van der Waals surface area contributed by atoms with Gasteiger partial charge in [-0.25, -0.2) is 4.79 Å². The summed E-state index contributed by atoms with van der Waals surface area (Å²) in [6.07, 6.45) is 0.183. The molecule has 1 aromatic carbocycles. The molecule has 1 aliphatic heterocycles. The van der Waals surface area contributed by atoms with Crippen LogP contribution in [0.4, 0.5) is 16.3 Å². The zero-order valence-electron chi connectivity index (χ0n) is 17.5. The molecule has 0 atom stereocenters. The molecule has 1 N–H and O–H groups in total. The Morgan fingerprint density at radius 2 is 1.90 bits per heavy atom. The highest BCUT2D eigenvalue weighted by Crippen LogP contribution is 2.20. The van der Waals surface area contributed by atoms with Crippen molar-refractivity contribution in [1.29, 1.82) is 0 Å². The third-order valence-electron chi connectivity index (χ3n) is 4.22. The van der Waals surface area contributed by atoms with Gasteiger partial charge in [-0.15, -0.1) is 0 Å². The summed E-state index contributed by atoms with van der Waals surface area (Å²) in [5.74, 6) is 0.742. The van der Waals surface area contributed by atoms with E-state index in [2.05, 4.69) is 20.2 Å². The lowest BCUT2D eigenvalue weighted by atomic mass is 10.1. The number of carbonyl (C=O) groups is 1. The van der Waals surface area contributed by atoms with Crippen LogP contribution >= 0.6 is 11.6 Å². The summed E-state index contributed by atoms with van der Waals surface area (Å²) in [6.45, 7) is 8.72. The van der Waals surface area contributed by atoms with Crippen LogP contribution in [0.25, 0.3) is 0 Å². The molecule has 162 valence electrons. The third-order valence-corrected chi connectivity index (χ3v) is 4.41. The van der Waals surface area contributed by atoms with Gasteiger partial charge in [-0.3, -0.25) is 5.32 Å². The van der Waals surface area contributed by atoms with Crippen LogP contribution < -0.4 is 15.0 Å². The van der Waals surface area contributed by atoms with Crippen molar-refractivity contribution in [2.75, 3.05) is 43.1 Å². The average Bonchev–Trinajstić information content (AvgIpc) is 2.68. The number of nitrogens with zero attached hydrogens (tertiary/aromatic N) is 3. The number of hydrogen-bond donors (Lipinski definition) is 1. The molecule has 9 heteroatoms. The van der Waals surface area contributed by atoms with Crippen molar-refractivity contribution in [2.45, 2.75) is 32.8 Å². The van der Waals surface area contributed by atoms with Gasteiger partial charge in [0.05, 0.1) is 19.8 Å². The van der Waals surface area contributed by atoms with Crippen molar-refractivity contribution in [3.63, 3.8) is 0 Å². The normalized spacial score (nSPS) is 14.3. The first-order chi connectivity index (χ1) is 14.3. The van der Waals surface area contributed by atoms with E-state index >= 15 is 0 Å². The molecule has 2 heterocycles. The molecule has 1 aromatic heterocycles. The first kappa shape index (κ1) is 22.1. The van der Waals surface area contributed by atoms with Gasteiger partial charge in [0.1, 0.15) is 16.6 Å². The molecule has 2 aromatic rings. The number of hydrogen-bond acceptors (Lipinski definition) is 7. The molecule has 0 spiro atoms. The van der Waals surface area contributed by atoms with Crippen molar-refractivity contribution >= 4 is 29.2 Å². The summed E-state index contributed by atoms with van der Waals surface area (Å²) in [5, 5.41) is 3.06. The van der Waals surface area contributed by atoms with Gasteiger partial charge in [0, 0.05) is 31.3 Å². The number of morpholine rings is 1. The molecule has 0 aliphatic carbocycles. The summed E-state index contributed by atoms with van der Waals surface area (Å²) in [7, 11) is 0. The van der Waals surface area contributed by atoms with E-state index in [0.29, 0.717) is 37.1 Å². The van der Waals surface area contributed by atoms with Crippen molar-refractivity contribution in [3.05, 3.63) is 41.0 Å². The first-order valence-corrected chi connectivity index (χ1v) is 10.3. The minimum Gasteiger partial charge on any atom is -0.463 e. The second-order valence-electron chi connectivity index (χ2n) is 7.85. The highest BCUT2D eigenvalue weighted by atomic mass is 35.5. The zero-order valence-corrected chi connectivity index (χ0v) is 18.2. The van der Waals surface area contributed by atoms with Crippen molar-refractivity contribution in [1.82, 2.24) is 9.97 Å². The smallest absolute Gasteiger partial charge is 0.412 e. The topological polar surface area (TPSA) is 85.8 Å². The van der Waals surface area contributed by atoms with E-state index in [4.69, 9.17) is 25.8 Å². The highest BCUT2D eigenvalue weighted by Gasteiger charge is 2.16. The number of rotatable bonds is 6. The van der Waals surface area contributed by atoms with E-state index in [9.17, 15) is 4.79 Å². The number of amides is 1. The minimum absolute atomic E-state index is 0.257. The number of carbonyl (C=O) groups excluding carboxylic acids is 1. The maximum atomic E-state index is 11.8. The molecule has 0 radical (unpaired) electrons. The Bertz CT molecular complexity index is 849. The molecule has 3 rings (SSSR count). The van der Waals surface area contributed by atoms with Crippen LogP contribution in [0.5, 0.6) is 6.01 Å². The van der Waals surface area contributed by atoms with E-state index < -0.39 is 11.7 Å². The fourth-order valence-corrected chi connectivity index (χ4v) is 3.01. The van der Waals surface area contributed by atoms with Crippen LogP contribution in [0.2, 0.25) is 5.15 Å². The van der Waals surface area contributed by atoms with Crippen LogP contribution in [0.15, 0.2) is 30.3 Å². The summed E-state index contributed by atoms with van der Waals surface area (Å²) in [5.41, 5.74) is 1.19. The Labute approximate surface area is 181 Å². The number of anilines is 2. The molecule has 1 saturated heterocycles. The maximum Gasteiger partial charge on any atom is 0.412 e. The largest absolute Gasteiger partial charge is 0.463 e. The molecule has 0 bridgehead atoms. The minimum atomic E-state index is -0.536. The predicted octanol–water partition coefficient (Wildman–Crippen LogP) is 3.94. The Hall–Kier alpha value is -2.58. The molecular formula is C21H27ClN4O4.